The van der Waals surface area contributed by atoms with E-state index in [-0.39, 0.29) is 6.10 Å². The monoisotopic (exact) mass is 220 g/mol. The number of ether oxygens (including phenoxy) is 1. The molecular formula is C11H16N4O. The quantitative estimate of drug-likeness (QED) is 0.826. The van der Waals surface area contributed by atoms with Crippen LogP contribution in [0.4, 0.5) is 5.82 Å². The van der Waals surface area contributed by atoms with Crippen LogP contribution in [0.3, 0.4) is 0 Å². The van der Waals surface area contributed by atoms with Crippen molar-refractivity contribution in [3.8, 4) is 0 Å². The SMILES string of the molecule is CNc1ccc2[nH]c(COC(C)C)nc2n1. The summed E-state index contributed by atoms with van der Waals surface area (Å²) in [7, 11) is 1.84. The lowest BCUT2D eigenvalue weighted by Crippen LogP contribution is -2.03. The summed E-state index contributed by atoms with van der Waals surface area (Å²) >= 11 is 0. The minimum Gasteiger partial charge on any atom is -0.373 e. The summed E-state index contributed by atoms with van der Waals surface area (Å²) in [5.41, 5.74) is 1.65. The normalized spacial score (nSPS) is 11.2. The highest BCUT2D eigenvalue weighted by Crippen LogP contribution is 2.13. The summed E-state index contributed by atoms with van der Waals surface area (Å²) < 4.78 is 5.48. The van der Waals surface area contributed by atoms with Gasteiger partial charge >= 0.3 is 0 Å². The van der Waals surface area contributed by atoms with Gasteiger partial charge in [0.15, 0.2) is 5.65 Å². The first-order valence-electron chi connectivity index (χ1n) is 5.34. The van der Waals surface area contributed by atoms with Crippen molar-refractivity contribution >= 4 is 17.0 Å². The number of H-pyrrole nitrogens is 1. The van der Waals surface area contributed by atoms with Gasteiger partial charge in [-0.15, -0.1) is 0 Å². The van der Waals surface area contributed by atoms with Gasteiger partial charge in [-0.25, -0.2) is 9.97 Å². The molecule has 0 aliphatic carbocycles. The van der Waals surface area contributed by atoms with Crippen molar-refractivity contribution in [3.63, 3.8) is 0 Å². The van der Waals surface area contributed by atoms with Crippen LogP contribution in [0, 0.1) is 0 Å². The van der Waals surface area contributed by atoms with E-state index in [0.717, 1.165) is 17.2 Å². The number of nitrogens with one attached hydrogen (secondary N) is 2. The van der Waals surface area contributed by atoms with Crippen LogP contribution in [0.25, 0.3) is 11.2 Å². The van der Waals surface area contributed by atoms with Gasteiger partial charge in [0.05, 0.1) is 11.6 Å². The predicted octanol–water partition coefficient (Wildman–Crippen LogP) is 1.92. The number of anilines is 1. The number of hydrogen-bond acceptors (Lipinski definition) is 4. The van der Waals surface area contributed by atoms with E-state index in [1.54, 1.807) is 0 Å². The summed E-state index contributed by atoms with van der Waals surface area (Å²) in [4.78, 5) is 11.9. The molecule has 2 aromatic heterocycles. The lowest BCUT2D eigenvalue weighted by Gasteiger charge is -2.03. The minimum absolute atomic E-state index is 0.203. The Morgan fingerprint density at radius 3 is 2.88 bits per heavy atom. The van der Waals surface area contributed by atoms with Crippen molar-refractivity contribution < 1.29 is 4.74 Å². The molecule has 0 saturated carbocycles. The molecule has 0 unspecified atom stereocenters. The van der Waals surface area contributed by atoms with Crippen molar-refractivity contribution in [2.75, 3.05) is 12.4 Å². The Labute approximate surface area is 94.2 Å². The lowest BCUT2D eigenvalue weighted by molar-refractivity contribution is 0.0618. The fourth-order valence-corrected chi connectivity index (χ4v) is 1.40. The summed E-state index contributed by atoms with van der Waals surface area (Å²) in [5, 5.41) is 2.98. The molecule has 0 aromatic carbocycles. The maximum absolute atomic E-state index is 5.48. The van der Waals surface area contributed by atoms with Gasteiger partial charge in [0.1, 0.15) is 18.2 Å². The Balaban J connectivity index is 2.22. The van der Waals surface area contributed by atoms with Crippen LogP contribution in [0.1, 0.15) is 19.7 Å². The van der Waals surface area contributed by atoms with Gasteiger partial charge in [-0.05, 0) is 26.0 Å². The molecule has 0 saturated heterocycles. The maximum Gasteiger partial charge on any atom is 0.179 e. The van der Waals surface area contributed by atoms with E-state index in [0.29, 0.717) is 12.3 Å². The van der Waals surface area contributed by atoms with Crippen LogP contribution in [0.5, 0.6) is 0 Å². The zero-order chi connectivity index (χ0) is 11.5. The van der Waals surface area contributed by atoms with Crippen LogP contribution < -0.4 is 5.32 Å². The van der Waals surface area contributed by atoms with Crippen molar-refractivity contribution in [1.82, 2.24) is 15.0 Å². The van der Waals surface area contributed by atoms with Gasteiger partial charge in [-0.1, -0.05) is 0 Å². The Morgan fingerprint density at radius 2 is 2.19 bits per heavy atom. The smallest absolute Gasteiger partial charge is 0.179 e. The third-order valence-corrected chi connectivity index (χ3v) is 2.20. The standard InChI is InChI=1S/C11H16N4O/c1-7(2)16-6-10-13-8-4-5-9(12-3)14-11(8)15-10/h4-5,7H,6H2,1-3H3,(H2,12,13,14,15). The second-order valence-corrected chi connectivity index (χ2v) is 3.86. The third kappa shape index (κ3) is 2.30. The highest BCUT2D eigenvalue weighted by atomic mass is 16.5. The Hall–Kier alpha value is -1.62. The van der Waals surface area contributed by atoms with E-state index >= 15 is 0 Å². The van der Waals surface area contributed by atoms with Crippen LogP contribution >= 0.6 is 0 Å². The zero-order valence-corrected chi connectivity index (χ0v) is 9.74. The molecular weight excluding hydrogens is 204 g/mol. The Morgan fingerprint density at radius 1 is 1.38 bits per heavy atom. The van der Waals surface area contributed by atoms with E-state index < -0.39 is 0 Å². The molecule has 0 bridgehead atoms. The van der Waals surface area contributed by atoms with Gasteiger partial charge in [0.2, 0.25) is 0 Å². The maximum atomic E-state index is 5.48. The molecule has 2 rings (SSSR count). The van der Waals surface area contributed by atoms with Crippen LogP contribution in [-0.4, -0.2) is 28.1 Å². The largest absolute Gasteiger partial charge is 0.373 e. The molecule has 0 spiro atoms. The minimum atomic E-state index is 0.203. The highest BCUT2D eigenvalue weighted by molar-refractivity contribution is 5.72. The molecule has 5 nitrogen and oxygen atoms in total. The lowest BCUT2D eigenvalue weighted by atomic mass is 10.4. The van der Waals surface area contributed by atoms with E-state index in [1.165, 1.54) is 0 Å². The first-order chi connectivity index (χ1) is 7.69. The highest BCUT2D eigenvalue weighted by Gasteiger charge is 2.05. The Bertz CT molecular complexity index is 478. The van der Waals surface area contributed by atoms with Gasteiger partial charge in [0.25, 0.3) is 0 Å². The van der Waals surface area contributed by atoms with Gasteiger partial charge in [0, 0.05) is 7.05 Å². The van der Waals surface area contributed by atoms with E-state index in [4.69, 9.17) is 4.74 Å². The second kappa shape index (κ2) is 4.49. The summed E-state index contributed by atoms with van der Waals surface area (Å²) in [6.07, 6.45) is 0.203. The predicted molar refractivity (Wildman–Crippen MR) is 63.4 cm³/mol. The summed E-state index contributed by atoms with van der Waals surface area (Å²) in [6.45, 7) is 4.49. The fraction of sp³-hybridized carbons (Fsp3) is 0.455. The van der Waals surface area contributed by atoms with Crippen LogP contribution in [0.2, 0.25) is 0 Å². The molecule has 0 aliphatic rings. The fourth-order valence-electron chi connectivity index (χ4n) is 1.40. The number of hydrogen-bond donors (Lipinski definition) is 2. The molecule has 86 valence electrons. The van der Waals surface area contributed by atoms with Crippen molar-refractivity contribution in [1.29, 1.82) is 0 Å². The number of fused-ring (bicyclic) bond motifs is 1. The first kappa shape index (κ1) is 10.9. The van der Waals surface area contributed by atoms with Gasteiger partial charge in [-0.3, -0.25) is 0 Å². The molecule has 0 fully saturated rings. The molecule has 2 N–H and O–H groups in total. The molecule has 0 atom stereocenters. The topological polar surface area (TPSA) is 62.8 Å². The van der Waals surface area contributed by atoms with Gasteiger partial charge < -0.3 is 15.0 Å². The van der Waals surface area contributed by atoms with Crippen molar-refractivity contribution in [3.05, 3.63) is 18.0 Å². The number of nitrogens with zero attached hydrogens (tertiary/aromatic N) is 2. The number of pyridine rings is 1. The van der Waals surface area contributed by atoms with Crippen molar-refractivity contribution in [2.24, 2.45) is 0 Å². The first-order valence-corrected chi connectivity index (χ1v) is 5.34. The van der Waals surface area contributed by atoms with Crippen LogP contribution in [0.15, 0.2) is 12.1 Å². The number of aromatic amines is 1. The average molecular weight is 220 g/mol. The summed E-state index contributed by atoms with van der Waals surface area (Å²) in [6, 6.07) is 3.87. The van der Waals surface area contributed by atoms with E-state index in [1.807, 2.05) is 33.0 Å². The second-order valence-electron chi connectivity index (χ2n) is 3.86. The number of imidazole rings is 1. The van der Waals surface area contributed by atoms with Gasteiger partial charge in [-0.2, -0.15) is 0 Å². The van der Waals surface area contributed by atoms with E-state index in [2.05, 4.69) is 20.3 Å². The molecule has 0 aliphatic heterocycles. The van der Waals surface area contributed by atoms with E-state index in [9.17, 15) is 0 Å². The molecule has 16 heavy (non-hydrogen) atoms. The number of rotatable bonds is 4. The molecule has 5 heteroatoms. The molecule has 0 amide bonds. The summed E-state index contributed by atoms with van der Waals surface area (Å²) in [5.74, 6) is 1.62. The zero-order valence-electron chi connectivity index (χ0n) is 9.74. The van der Waals surface area contributed by atoms with Crippen LogP contribution in [-0.2, 0) is 11.3 Å². The average Bonchev–Trinajstić information content (AvgIpc) is 2.67. The molecule has 2 heterocycles. The molecule has 2 aromatic rings. The Kier molecular flexibility index (Phi) is 3.05. The molecule has 0 radical (unpaired) electrons. The third-order valence-electron chi connectivity index (χ3n) is 2.20. The number of aromatic nitrogens is 3. The van der Waals surface area contributed by atoms with Crippen molar-refractivity contribution in [2.45, 2.75) is 26.6 Å².